The molecule has 1 saturated heterocycles. The number of carbonyl (C=O) groups is 2. The Morgan fingerprint density at radius 2 is 1.41 bits per heavy atom. The van der Waals surface area contributed by atoms with E-state index in [-0.39, 0.29) is 11.9 Å². The summed E-state index contributed by atoms with van der Waals surface area (Å²) < 4.78 is 0. The summed E-state index contributed by atoms with van der Waals surface area (Å²) in [5.74, 6) is 0.00843. The van der Waals surface area contributed by atoms with Crippen LogP contribution in [-0.4, -0.2) is 29.9 Å². The molecule has 0 spiro atoms. The summed E-state index contributed by atoms with van der Waals surface area (Å²) in [4.78, 5) is 27.3. The molecule has 1 heterocycles. The normalized spacial score (nSPS) is 18.9. The Bertz CT molecular complexity index is 845. The minimum absolute atomic E-state index is 0.00843. The standard InChI is InChI=1S/C24H31N3O2/c1-18-5-9-20(10-6-18)15-25-22(28)24(3)13-4-14-27(17-24)23(29)26-16-21-11-7-19(2)8-12-21/h5-12H,4,13-17H2,1-3H3,(H,25,28)(H,26,29)/t24-/m0/s1. The highest BCUT2D eigenvalue weighted by Crippen LogP contribution is 2.30. The highest BCUT2D eigenvalue weighted by molar-refractivity contribution is 5.84. The maximum Gasteiger partial charge on any atom is 0.317 e. The summed E-state index contributed by atoms with van der Waals surface area (Å²) in [5, 5.41) is 6.04. The molecule has 1 fully saturated rings. The van der Waals surface area contributed by atoms with E-state index in [1.54, 1.807) is 4.90 Å². The van der Waals surface area contributed by atoms with Crippen LogP contribution >= 0.6 is 0 Å². The Morgan fingerprint density at radius 3 is 1.97 bits per heavy atom. The third-order valence-corrected chi connectivity index (χ3v) is 5.67. The number of hydrogen-bond acceptors (Lipinski definition) is 2. The van der Waals surface area contributed by atoms with Crippen LogP contribution < -0.4 is 10.6 Å². The number of urea groups is 1. The number of carbonyl (C=O) groups excluding carboxylic acids is 2. The fourth-order valence-corrected chi connectivity index (χ4v) is 3.70. The van der Waals surface area contributed by atoms with Crippen molar-refractivity contribution in [3.05, 3.63) is 70.8 Å². The third kappa shape index (κ3) is 5.59. The molecule has 5 heteroatoms. The molecule has 0 bridgehead atoms. The Labute approximate surface area is 173 Å². The molecule has 2 N–H and O–H groups in total. The van der Waals surface area contributed by atoms with E-state index in [1.807, 2.05) is 69.3 Å². The van der Waals surface area contributed by atoms with Crippen LogP contribution in [0.2, 0.25) is 0 Å². The molecule has 0 aliphatic carbocycles. The number of nitrogens with one attached hydrogen (secondary N) is 2. The van der Waals surface area contributed by atoms with Crippen LogP contribution in [0.4, 0.5) is 4.79 Å². The number of nitrogens with zero attached hydrogens (tertiary/aromatic N) is 1. The van der Waals surface area contributed by atoms with Crippen LogP contribution in [0.1, 0.15) is 42.0 Å². The molecule has 1 atom stereocenters. The largest absolute Gasteiger partial charge is 0.351 e. The zero-order valence-electron chi connectivity index (χ0n) is 17.6. The Morgan fingerprint density at radius 1 is 0.897 bits per heavy atom. The van der Waals surface area contributed by atoms with Gasteiger partial charge < -0.3 is 15.5 Å². The molecule has 3 rings (SSSR count). The second kappa shape index (κ2) is 9.12. The second-order valence-corrected chi connectivity index (χ2v) is 8.40. The summed E-state index contributed by atoms with van der Waals surface area (Å²) in [6.45, 7) is 8.16. The number of piperidine rings is 1. The van der Waals surface area contributed by atoms with Gasteiger partial charge in [0.15, 0.2) is 0 Å². The zero-order valence-corrected chi connectivity index (χ0v) is 17.6. The zero-order chi connectivity index (χ0) is 20.9. The van der Waals surface area contributed by atoms with E-state index in [2.05, 4.69) is 10.6 Å². The minimum atomic E-state index is -0.565. The Balaban J connectivity index is 1.53. The first-order valence-corrected chi connectivity index (χ1v) is 10.3. The lowest BCUT2D eigenvalue weighted by Gasteiger charge is -2.39. The van der Waals surface area contributed by atoms with Crippen LogP contribution in [0.5, 0.6) is 0 Å². The summed E-state index contributed by atoms with van der Waals surface area (Å²) in [6, 6.07) is 16.2. The lowest BCUT2D eigenvalue weighted by Crippen LogP contribution is -2.53. The van der Waals surface area contributed by atoms with Crippen molar-refractivity contribution >= 4 is 11.9 Å². The highest BCUT2D eigenvalue weighted by atomic mass is 16.2. The lowest BCUT2D eigenvalue weighted by molar-refractivity contribution is -0.132. The van der Waals surface area contributed by atoms with Gasteiger partial charge in [0.1, 0.15) is 0 Å². The van der Waals surface area contributed by atoms with E-state index < -0.39 is 5.41 Å². The van der Waals surface area contributed by atoms with Gasteiger partial charge in [0, 0.05) is 26.2 Å². The van der Waals surface area contributed by atoms with Crippen LogP contribution in [-0.2, 0) is 17.9 Å². The van der Waals surface area contributed by atoms with Gasteiger partial charge in [-0.25, -0.2) is 4.79 Å². The predicted octanol–water partition coefficient (Wildman–Crippen LogP) is 3.93. The van der Waals surface area contributed by atoms with Crippen molar-refractivity contribution in [1.82, 2.24) is 15.5 Å². The molecule has 29 heavy (non-hydrogen) atoms. The molecule has 0 unspecified atom stereocenters. The average Bonchev–Trinajstić information content (AvgIpc) is 2.72. The van der Waals surface area contributed by atoms with Crippen LogP contribution in [0.15, 0.2) is 48.5 Å². The van der Waals surface area contributed by atoms with Crippen molar-refractivity contribution in [2.45, 2.75) is 46.7 Å². The first-order chi connectivity index (χ1) is 13.9. The van der Waals surface area contributed by atoms with Gasteiger partial charge in [0.2, 0.25) is 5.91 Å². The number of aryl methyl sites for hydroxylation is 2. The third-order valence-electron chi connectivity index (χ3n) is 5.67. The Hall–Kier alpha value is -2.82. The van der Waals surface area contributed by atoms with Crippen molar-refractivity contribution in [2.24, 2.45) is 5.41 Å². The average molecular weight is 394 g/mol. The monoisotopic (exact) mass is 393 g/mol. The summed E-state index contributed by atoms with van der Waals surface area (Å²) >= 11 is 0. The summed E-state index contributed by atoms with van der Waals surface area (Å²) in [6.07, 6.45) is 1.61. The fourth-order valence-electron chi connectivity index (χ4n) is 3.70. The van der Waals surface area contributed by atoms with Gasteiger partial charge in [-0.15, -0.1) is 0 Å². The first kappa shape index (κ1) is 20.9. The van der Waals surface area contributed by atoms with Crippen molar-refractivity contribution in [3.8, 4) is 0 Å². The van der Waals surface area contributed by atoms with Crippen molar-refractivity contribution in [1.29, 1.82) is 0 Å². The van der Waals surface area contributed by atoms with Crippen LogP contribution in [0, 0.1) is 19.3 Å². The SMILES string of the molecule is Cc1ccc(CNC(=O)N2CCC[C@](C)(C(=O)NCc3ccc(C)cc3)C2)cc1. The van der Waals surface area contributed by atoms with E-state index in [9.17, 15) is 9.59 Å². The maximum atomic E-state index is 12.9. The highest BCUT2D eigenvalue weighted by Gasteiger charge is 2.39. The molecular formula is C24H31N3O2. The van der Waals surface area contributed by atoms with Gasteiger partial charge in [-0.2, -0.15) is 0 Å². The van der Waals surface area contributed by atoms with E-state index in [4.69, 9.17) is 0 Å². The molecule has 0 saturated carbocycles. The molecule has 5 nitrogen and oxygen atoms in total. The summed E-state index contributed by atoms with van der Waals surface area (Å²) in [7, 11) is 0. The van der Waals surface area contributed by atoms with Crippen molar-refractivity contribution < 1.29 is 9.59 Å². The molecule has 154 valence electrons. The molecular weight excluding hydrogens is 362 g/mol. The minimum Gasteiger partial charge on any atom is -0.351 e. The number of likely N-dealkylation sites (tertiary alicyclic amines) is 1. The number of amides is 3. The molecule has 0 aromatic heterocycles. The second-order valence-electron chi connectivity index (χ2n) is 8.40. The smallest absolute Gasteiger partial charge is 0.317 e. The van der Waals surface area contributed by atoms with Crippen LogP contribution in [0.25, 0.3) is 0 Å². The van der Waals surface area contributed by atoms with Gasteiger partial charge >= 0.3 is 6.03 Å². The van der Waals surface area contributed by atoms with E-state index in [0.29, 0.717) is 26.2 Å². The molecule has 2 aromatic rings. The topological polar surface area (TPSA) is 61.4 Å². The number of benzene rings is 2. The summed E-state index contributed by atoms with van der Waals surface area (Å²) in [5.41, 5.74) is 3.98. The molecule has 1 aliphatic rings. The van der Waals surface area contributed by atoms with E-state index in [1.165, 1.54) is 11.1 Å². The molecule has 0 radical (unpaired) electrons. The van der Waals surface area contributed by atoms with E-state index >= 15 is 0 Å². The molecule has 1 aliphatic heterocycles. The van der Waals surface area contributed by atoms with E-state index in [0.717, 1.165) is 24.0 Å². The number of hydrogen-bond donors (Lipinski definition) is 2. The van der Waals surface area contributed by atoms with Gasteiger partial charge in [0.25, 0.3) is 0 Å². The fraction of sp³-hybridized carbons (Fsp3) is 0.417. The number of rotatable bonds is 5. The first-order valence-electron chi connectivity index (χ1n) is 10.3. The quantitative estimate of drug-likeness (QED) is 0.808. The van der Waals surface area contributed by atoms with Crippen molar-refractivity contribution in [2.75, 3.05) is 13.1 Å². The lowest BCUT2D eigenvalue weighted by atomic mass is 9.81. The van der Waals surface area contributed by atoms with Crippen LogP contribution in [0.3, 0.4) is 0 Å². The van der Waals surface area contributed by atoms with Gasteiger partial charge in [0.05, 0.1) is 5.41 Å². The van der Waals surface area contributed by atoms with Gasteiger partial charge in [-0.1, -0.05) is 59.7 Å². The Kier molecular flexibility index (Phi) is 6.57. The predicted molar refractivity (Wildman–Crippen MR) is 115 cm³/mol. The maximum absolute atomic E-state index is 12.9. The van der Waals surface area contributed by atoms with Gasteiger partial charge in [-0.05, 0) is 44.7 Å². The van der Waals surface area contributed by atoms with Crippen molar-refractivity contribution in [3.63, 3.8) is 0 Å². The molecule has 2 aromatic carbocycles. The molecule has 3 amide bonds. The van der Waals surface area contributed by atoms with Gasteiger partial charge in [-0.3, -0.25) is 4.79 Å².